The lowest BCUT2D eigenvalue weighted by molar-refractivity contribution is -0.0656. The van der Waals surface area contributed by atoms with Crippen LogP contribution in [-0.4, -0.2) is 75.3 Å². The number of fused-ring (bicyclic) bond motifs is 5. The average molecular weight is 369 g/mol. The first-order valence-corrected chi connectivity index (χ1v) is 7.95. The maximum absolute atomic E-state index is 12.6. The molecule has 1 saturated carbocycles. The summed E-state index contributed by atoms with van der Waals surface area (Å²) in [6, 6.07) is 2.65. The molecule has 2 aliphatic heterocycles. The third kappa shape index (κ3) is 1.35. The molecule has 0 bridgehead atoms. The lowest BCUT2D eigenvalue weighted by Crippen LogP contribution is -2.57. The maximum Gasteiger partial charge on any atom is 0.322 e. The number of hydrogen-bond acceptors (Lipinski definition) is 3. The van der Waals surface area contributed by atoms with Gasteiger partial charge in [0.15, 0.2) is 5.72 Å². The quantitative estimate of drug-likeness (QED) is 0.732. The second-order valence-corrected chi connectivity index (χ2v) is 7.18. The summed E-state index contributed by atoms with van der Waals surface area (Å²) in [7, 11) is 5.04. The molecule has 4 rings (SSSR count). The van der Waals surface area contributed by atoms with Gasteiger partial charge in [-0.05, 0) is 28.1 Å². The highest BCUT2D eigenvalue weighted by Crippen LogP contribution is 2.51. The number of hydrogen-bond donors (Lipinski definition) is 1. The lowest BCUT2D eigenvalue weighted by atomic mass is 10.0. The van der Waals surface area contributed by atoms with Crippen LogP contribution in [0.15, 0.2) is 16.7 Å². The summed E-state index contributed by atoms with van der Waals surface area (Å²) in [5.41, 5.74) is -0.656. The molecule has 1 saturated heterocycles. The van der Waals surface area contributed by atoms with E-state index in [-0.39, 0.29) is 24.0 Å². The summed E-state index contributed by atoms with van der Waals surface area (Å²) in [6.07, 6.45) is 0.396. The molecule has 1 aromatic heterocycles. The molecular weight excluding hydrogens is 352 g/mol. The van der Waals surface area contributed by atoms with E-state index in [4.69, 9.17) is 0 Å². The van der Waals surface area contributed by atoms with Crippen molar-refractivity contribution in [3.63, 3.8) is 0 Å². The molecule has 22 heavy (non-hydrogen) atoms. The number of amides is 3. The zero-order valence-corrected chi connectivity index (χ0v) is 14.1. The fraction of sp³-hybridized carbons (Fsp3) is 0.571. The van der Waals surface area contributed by atoms with Gasteiger partial charge < -0.3 is 19.5 Å². The monoisotopic (exact) mass is 368 g/mol. The molecule has 1 aliphatic carbocycles. The van der Waals surface area contributed by atoms with Crippen molar-refractivity contribution in [1.82, 2.24) is 19.3 Å². The molecule has 0 radical (unpaired) electrons. The minimum atomic E-state index is -1.26. The highest BCUT2D eigenvalue weighted by atomic mass is 79.9. The number of nitrogens with zero attached hydrogens (tertiary/aromatic N) is 4. The number of carbonyl (C=O) groups is 2. The van der Waals surface area contributed by atoms with Crippen LogP contribution in [0.2, 0.25) is 0 Å². The van der Waals surface area contributed by atoms with E-state index in [2.05, 4.69) is 15.9 Å². The molecular formula is C14H17BrN4O3. The highest BCUT2D eigenvalue weighted by Gasteiger charge is 2.66. The van der Waals surface area contributed by atoms with E-state index < -0.39 is 11.8 Å². The third-order valence-electron chi connectivity index (χ3n) is 5.47. The molecule has 0 spiro atoms. The van der Waals surface area contributed by atoms with Crippen LogP contribution >= 0.6 is 15.9 Å². The van der Waals surface area contributed by atoms with Crippen LogP contribution in [-0.2, 0) is 0 Å². The van der Waals surface area contributed by atoms with Gasteiger partial charge in [0.25, 0.3) is 5.91 Å². The van der Waals surface area contributed by atoms with E-state index >= 15 is 0 Å². The fourth-order valence-corrected chi connectivity index (χ4v) is 4.98. The van der Waals surface area contributed by atoms with Crippen molar-refractivity contribution in [3.8, 4) is 0 Å². The summed E-state index contributed by atoms with van der Waals surface area (Å²) >= 11 is 3.49. The van der Waals surface area contributed by atoms with Gasteiger partial charge in [-0.25, -0.2) is 4.79 Å². The Morgan fingerprint density at radius 1 is 1.23 bits per heavy atom. The number of carbonyl (C=O) groups excluding carboxylic acids is 2. The molecule has 1 aromatic rings. The molecule has 8 heteroatoms. The molecule has 4 atom stereocenters. The zero-order chi connectivity index (χ0) is 16.0. The average Bonchev–Trinajstić information content (AvgIpc) is 3.05. The summed E-state index contributed by atoms with van der Waals surface area (Å²) in [5, 5.41) is 11.1. The number of rotatable bonds is 0. The molecule has 3 heterocycles. The molecule has 3 amide bonds. The normalized spacial score (nSPS) is 36.8. The van der Waals surface area contributed by atoms with Crippen LogP contribution in [0.25, 0.3) is 0 Å². The van der Waals surface area contributed by atoms with Crippen LogP contribution in [0.4, 0.5) is 4.79 Å². The molecule has 118 valence electrons. The Balaban J connectivity index is 1.90. The standard InChI is InChI=1S/C14H17BrN4O3/c1-16-10-8(19-7(12(16)20)4-5-9(19)15)6-14(22)11(10)17(2)13(21)18(14)3/h4-5,8,10-11,22H,6H2,1-3H3/t8-,10-,11+,14+/m1/s1. The van der Waals surface area contributed by atoms with E-state index in [0.717, 1.165) is 4.60 Å². The topological polar surface area (TPSA) is 69.0 Å². The largest absolute Gasteiger partial charge is 0.368 e. The molecule has 2 fully saturated rings. The van der Waals surface area contributed by atoms with E-state index in [1.165, 1.54) is 4.90 Å². The minimum absolute atomic E-state index is 0.0740. The molecule has 1 N–H and O–H groups in total. The first-order chi connectivity index (χ1) is 10.3. The Morgan fingerprint density at radius 2 is 1.91 bits per heavy atom. The number of urea groups is 1. The number of likely N-dealkylation sites (N-methyl/N-ethyl adjacent to an activating group) is 3. The summed E-state index contributed by atoms with van der Waals surface area (Å²) < 4.78 is 2.76. The second kappa shape index (κ2) is 4.05. The SMILES string of the molecule is CN1C(=O)c2ccc(Br)n2[C@@H]2C[C@]3(O)[C@H]([C@@H]21)N(C)C(=O)N3C. The molecule has 7 nitrogen and oxygen atoms in total. The van der Waals surface area contributed by atoms with Crippen LogP contribution in [0.1, 0.15) is 23.0 Å². The van der Waals surface area contributed by atoms with Crippen LogP contribution in [0.5, 0.6) is 0 Å². The Kier molecular flexibility index (Phi) is 2.59. The fourth-order valence-electron chi connectivity index (χ4n) is 4.39. The summed E-state index contributed by atoms with van der Waals surface area (Å²) in [4.78, 5) is 29.5. The van der Waals surface area contributed by atoms with Gasteiger partial charge in [-0.2, -0.15) is 0 Å². The van der Waals surface area contributed by atoms with Crippen molar-refractivity contribution in [3.05, 3.63) is 22.4 Å². The maximum atomic E-state index is 12.6. The lowest BCUT2D eigenvalue weighted by Gasteiger charge is -2.40. The van der Waals surface area contributed by atoms with Gasteiger partial charge in [0.1, 0.15) is 11.7 Å². The highest BCUT2D eigenvalue weighted by molar-refractivity contribution is 9.10. The first kappa shape index (κ1) is 14.1. The summed E-state index contributed by atoms with van der Waals surface area (Å²) in [6.45, 7) is 0. The molecule has 3 aliphatic rings. The minimum Gasteiger partial charge on any atom is -0.368 e. The Morgan fingerprint density at radius 3 is 2.59 bits per heavy atom. The Hall–Kier alpha value is -1.54. The van der Waals surface area contributed by atoms with E-state index in [1.54, 1.807) is 37.0 Å². The van der Waals surface area contributed by atoms with E-state index in [0.29, 0.717) is 12.1 Å². The third-order valence-corrected chi connectivity index (χ3v) is 6.12. The zero-order valence-electron chi connectivity index (χ0n) is 12.5. The van der Waals surface area contributed by atoms with Gasteiger partial charge in [-0.3, -0.25) is 9.69 Å². The predicted molar refractivity (Wildman–Crippen MR) is 81.3 cm³/mol. The van der Waals surface area contributed by atoms with Crippen molar-refractivity contribution in [2.45, 2.75) is 30.3 Å². The van der Waals surface area contributed by atoms with Crippen molar-refractivity contribution in [2.24, 2.45) is 0 Å². The van der Waals surface area contributed by atoms with Gasteiger partial charge >= 0.3 is 6.03 Å². The number of halogens is 1. The second-order valence-electron chi connectivity index (χ2n) is 6.37. The van der Waals surface area contributed by atoms with Crippen LogP contribution < -0.4 is 0 Å². The van der Waals surface area contributed by atoms with Crippen molar-refractivity contribution < 1.29 is 14.7 Å². The van der Waals surface area contributed by atoms with Gasteiger partial charge in [0.05, 0.1) is 16.7 Å². The van der Waals surface area contributed by atoms with Crippen molar-refractivity contribution in [2.75, 3.05) is 21.1 Å². The summed E-state index contributed by atoms with van der Waals surface area (Å²) in [5.74, 6) is -0.0911. The van der Waals surface area contributed by atoms with Crippen LogP contribution in [0, 0.1) is 0 Å². The number of aliphatic hydroxyl groups is 1. The van der Waals surface area contributed by atoms with Crippen LogP contribution in [0.3, 0.4) is 0 Å². The van der Waals surface area contributed by atoms with Gasteiger partial charge in [0.2, 0.25) is 0 Å². The van der Waals surface area contributed by atoms with Gasteiger partial charge in [-0.15, -0.1) is 0 Å². The predicted octanol–water partition coefficient (Wildman–Crippen LogP) is 0.704. The Bertz CT molecular complexity index is 704. The van der Waals surface area contributed by atoms with E-state index in [9.17, 15) is 14.7 Å². The van der Waals surface area contributed by atoms with E-state index in [1.807, 2.05) is 10.6 Å². The van der Waals surface area contributed by atoms with Crippen molar-refractivity contribution >= 4 is 27.9 Å². The smallest absolute Gasteiger partial charge is 0.322 e. The number of aromatic nitrogens is 1. The molecule has 0 aromatic carbocycles. The van der Waals surface area contributed by atoms with Gasteiger partial charge in [0, 0.05) is 27.6 Å². The first-order valence-electron chi connectivity index (χ1n) is 7.16. The Labute approximate surface area is 136 Å². The van der Waals surface area contributed by atoms with Gasteiger partial charge in [-0.1, -0.05) is 0 Å². The van der Waals surface area contributed by atoms with Crippen molar-refractivity contribution in [1.29, 1.82) is 0 Å². The molecule has 0 unspecified atom stereocenters.